The monoisotopic (exact) mass is 749 g/mol. The summed E-state index contributed by atoms with van der Waals surface area (Å²) in [6, 6.07) is -0.615. The quantitative estimate of drug-likeness (QED) is 0.0221. The molecule has 1 N–H and O–H groups in total. The number of nitrogens with zero attached hydrogens (tertiary/aromatic N) is 1. The summed E-state index contributed by atoms with van der Waals surface area (Å²) in [6.07, 6.45) is 40.4. The van der Waals surface area contributed by atoms with Crippen LogP contribution in [0.3, 0.4) is 0 Å². The molecule has 0 aliphatic carbocycles. The molecule has 0 fully saturated rings. The molecular formula is C45H82NO7+. The number of hydrogen-bond donors (Lipinski definition) is 1. The Morgan fingerprint density at radius 2 is 1.02 bits per heavy atom. The van der Waals surface area contributed by atoms with Crippen LogP contribution in [0.1, 0.15) is 181 Å². The topological polar surface area (TPSA) is 99.1 Å². The first kappa shape index (κ1) is 50.5. The number of esters is 2. The van der Waals surface area contributed by atoms with Crippen molar-refractivity contribution in [3.8, 4) is 0 Å². The molecule has 0 spiro atoms. The molecule has 2 atom stereocenters. The number of ether oxygens (including phenoxy) is 3. The molecule has 8 heteroatoms. The maximum absolute atomic E-state index is 12.7. The fourth-order valence-electron chi connectivity index (χ4n) is 6.12. The van der Waals surface area contributed by atoms with E-state index in [-0.39, 0.29) is 36.2 Å². The maximum atomic E-state index is 12.7. The van der Waals surface area contributed by atoms with Crippen LogP contribution in [0, 0.1) is 0 Å². The third-order valence-corrected chi connectivity index (χ3v) is 9.54. The number of aliphatic carboxylic acids is 1. The molecule has 0 aliphatic heterocycles. The first-order valence-corrected chi connectivity index (χ1v) is 21.5. The van der Waals surface area contributed by atoms with Crippen molar-refractivity contribution in [2.75, 3.05) is 41.0 Å². The van der Waals surface area contributed by atoms with Crippen molar-refractivity contribution >= 4 is 17.9 Å². The first-order chi connectivity index (χ1) is 25.6. The Labute approximate surface area is 325 Å². The fraction of sp³-hybridized carbons (Fsp3) is 0.800. The van der Waals surface area contributed by atoms with Gasteiger partial charge < -0.3 is 23.8 Å². The van der Waals surface area contributed by atoms with Gasteiger partial charge in [0.2, 0.25) is 0 Å². The summed E-state index contributed by atoms with van der Waals surface area (Å²) in [5, 5.41) is 9.60. The number of carboxylic acid groups (broad SMARTS) is 1. The van der Waals surface area contributed by atoms with Crippen molar-refractivity contribution in [3.63, 3.8) is 0 Å². The Morgan fingerprint density at radius 3 is 1.53 bits per heavy atom. The Balaban J connectivity index is 4.31. The van der Waals surface area contributed by atoms with Crippen molar-refractivity contribution in [2.45, 2.75) is 193 Å². The summed E-state index contributed by atoms with van der Waals surface area (Å²) in [5.41, 5.74) is 0. The molecule has 0 radical (unpaired) electrons. The van der Waals surface area contributed by atoms with Gasteiger partial charge in [-0.15, -0.1) is 0 Å². The standard InChI is InChI=1S/C45H81NO7/c1-6-8-10-12-14-16-18-19-20-21-22-23-24-25-26-28-30-32-34-36-44(48)53-41(39-51-38-37-42(45(49)50)46(3,4)5)40-52-43(47)35-33-31-29-27-17-15-13-11-9-7-2/h13-16,18-19,41-42H,6-12,17,20-40H2,1-5H3/p+1/b15-13+,16-14+,19-18+. The van der Waals surface area contributed by atoms with Crippen LogP contribution < -0.4 is 0 Å². The van der Waals surface area contributed by atoms with E-state index < -0.39 is 18.1 Å². The van der Waals surface area contributed by atoms with Crippen LogP contribution in [-0.2, 0) is 28.6 Å². The summed E-state index contributed by atoms with van der Waals surface area (Å²) < 4.78 is 17.2. The van der Waals surface area contributed by atoms with Crippen LogP contribution in [-0.4, -0.2) is 80.6 Å². The van der Waals surface area contributed by atoms with E-state index in [1.165, 1.54) is 89.9 Å². The number of quaternary nitrogens is 1. The number of hydrogen-bond acceptors (Lipinski definition) is 6. The van der Waals surface area contributed by atoms with Crippen molar-refractivity contribution in [3.05, 3.63) is 36.5 Å². The van der Waals surface area contributed by atoms with Crippen LogP contribution in [0.2, 0.25) is 0 Å². The van der Waals surface area contributed by atoms with Gasteiger partial charge in [-0.2, -0.15) is 0 Å². The van der Waals surface area contributed by atoms with E-state index in [1.54, 1.807) is 0 Å². The zero-order valence-electron chi connectivity index (χ0n) is 35.0. The molecule has 0 aromatic rings. The summed E-state index contributed by atoms with van der Waals surface area (Å²) in [6.45, 7) is 4.65. The second-order valence-electron chi connectivity index (χ2n) is 15.6. The van der Waals surface area contributed by atoms with Gasteiger partial charge in [0.1, 0.15) is 6.61 Å². The molecule has 0 aliphatic rings. The summed E-state index contributed by atoms with van der Waals surface area (Å²) in [7, 11) is 5.52. The van der Waals surface area contributed by atoms with Gasteiger partial charge in [0.25, 0.3) is 0 Å². The Morgan fingerprint density at radius 1 is 0.566 bits per heavy atom. The molecule has 0 saturated heterocycles. The molecule has 0 heterocycles. The maximum Gasteiger partial charge on any atom is 0.362 e. The number of carboxylic acids is 1. The molecule has 0 rings (SSSR count). The summed E-state index contributed by atoms with van der Waals surface area (Å²) >= 11 is 0. The Hall–Kier alpha value is -2.45. The lowest BCUT2D eigenvalue weighted by Gasteiger charge is -2.31. The zero-order valence-corrected chi connectivity index (χ0v) is 35.0. The van der Waals surface area contributed by atoms with E-state index in [1.807, 2.05) is 21.1 Å². The van der Waals surface area contributed by atoms with Gasteiger partial charge in [-0.05, 0) is 57.8 Å². The SMILES string of the molecule is CCCC/C=C/CCCCCCC(=O)OCC(COCCC(C(=O)O)[N+](C)(C)C)OC(=O)CCCCCCCCCCCC/C=C/C=C/CCCCC. The highest BCUT2D eigenvalue weighted by Gasteiger charge is 2.31. The predicted molar refractivity (Wildman–Crippen MR) is 220 cm³/mol. The molecule has 2 unspecified atom stereocenters. The van der Waals surface area contributed by atoms with E-state index in [0.29, 0.717) is 19.3 Å². The number of unbranched alkanes of at least 4 members (excludes halogenated alkanes) is 19. The average Bonchev–Trinajstić information content (AvgIpc) is 3.11. The molecule has 8 nitrogen and oxygen atoms in total. The molecular weight excluding hydrogens is 666 g/mol. The van der Waals surface area contributed by atoms with Gasteiger partial charge in [0, 0.05) is 19.3 Å². The summed E-state index contributed by atoms with van der Waals surface area (Å²) in [4.78, 5) is 36.9. The summed E-state index contributed by atoms with van der Waals surface area (Å²) in [5.74, 6) is -1.49. The lowest BCUT2D eigenvalue weighted by Crippen LogP contribution is -2.50. The van der Waals surface area contributed by atoms with Gasteiger partial charge in [-0.25, -0.2) is 4.79 Å². The highest BCUT2D eigenvalue weighted by molar-refractivity contribution is 5.72. The van der Waals surface area contributed by atoms with Gasteiger partial charge in [-0.3, -0.25) is 9.59 Å². The highest BCUT2D eigenvalue weighted by Crippen LogP contribution is 2.14. The average molecular weight is 749 g/mol. The minimum absolute atomic E-state index is 0.0571. The van der Waals surface area contributed by atoms with Crippen molar-refractivity contribution < 1.29 is 38.2 Å². The van der Waals surface area contributed by atoms with Crippen LogP contribution in [0.25, 0.3) is 0 Å². The van der Waals surface area contributed by atoms with E-state index in [2.05, 4.69) is 50.3 Å². The Kier molecular flexibility index (Phi) is 34.8. The smallest absolute Gasteiger partial charge is 0.362 e. The third kappa shape index (κ3) is 35.0. The normalized spacial score (nSPS) is 13.3. The van der Waals surface area contributed by atoms with Crippen molar-refractivity contribution in [1.29, 1.82) is 0 Å². The number of likely N-dealkylation sites (N-methyl/N-ethyl adjacent to an activating group) is 1. The van der Waals surface area contributed by atoms with Crippen molar-refractivity contribution in [2.24, 2.45) is 0 Å². The highest BCUT2D eigenvalue weighted by atomic mass is 16.6. The van der Waals surface area contributed by atoms with Gasteiger partial charge in [0.15, 0.2) is 12.1 Å². The number of rotatable bonds is 38. The molecule has 0 bridgehead atoms. The fourth-order valence-corrected chi connectivity index (χ4v) is 6.12. The molecule has 0 saturated carbocycles. The van der Waals surface area contributed by atoms with E-state index in [9.17, 15) is 19.5 Å². The number of carbonyl (C=O) groups excluding carboxylic acids is 2. The molecule has 0 amide bonds. The van der Waals surface area contributed by atoms with Crippen LogP contribution in [0.5, 0.6) is 0 Å². The molecule has 0 aromatic heterocycles. The lowest BCUT2D eigenvalue weighted by molar-refractivity contribution is -0.887. The van der Waals surface area contributed by atoms with E-state index in [0.717, 1.165) is 57.8 Å². The van der Waals surface area contributed by atoms with Gasteiger partial charge in [-0.1, -0.05) is 140 Å². The lowest BCUT2D eigenvalue weighted by atomic mass is 10.1. The minimum Gasteiger partial charge on any atom is -0.477 e. The molecule has 308 valence electrons. The largest absolute Gasteiger partial charge is 0.477 e. The first-order valence-electron chi connectivity index (χ1n) is 21.5. The van der Waals surface area contributed by atoms with Gasteiger partial charge in [0.05, 0.1) is 34.4 Å². The minimum atomic E-state index is -0.878. The van der Waals surface area contributed by atoms with Crippen LogP contribution in [0.4, 0.5) is 0 Å². The van der Waals surface area contributed by atoms with Gasteiger partial charge >= 0.3 is 17.9 Å². The van der Waals surface area contributed by atoms with E-state index in [4.69, 9.17) is 14.2 Å². The number of carbonyl (C=O) groups is 3. The second kappa shape index (κ2) is 36.5. The third-order valence-electron chi connectivity index (χ3n) is 9.54. The second-order valence-corrected chi connectivity index (χ2v) is 15.6. The molecule has 0 aromatic carbocycles. The molecule has 53 heavy (non-hydrogen) atoms. The number of allylic oxidation sites excluding steroid dienone is 6. The van der Waals surface area contributed by atoms with E-state index >= 15 is 0 Å². The predicted octanol–water partition coefficient (Wildman–Crippen LogP) is 11.5. The zero-order chi connectivity index (χ0) is 39.3. The Bertz CT molecular complexity index is 968. The van der Waals surface area contributed by atoms with Crippen LogP contribution in [0.15, 0.2) is 36.5 Å². The van der Waals surface area contributed by atoms with Crippen LogP contribution >= 0.6 is 0 Å². The van der Waals surface area contributed by atoms with Crippen molar-refractivity contribution in [1.82, 2.24) is 0 Å².